The van der Waals surface area contributed by atoms with Gasteiger partial charge in [0, 0.05) is 53.3 Å². The number of aromatic nitrogens is 3. The number of aryl methyl sites for hydroxylation is 2. The number of rotatable bonds is 4. The largest absolute Gasteiger partial charge is 0.344 e. The molecule has 0 saturated heterocycles. The maximum atomic E-state index is 13.4. The van der Waals surface area contributed by atoms with Crippen LogP contribution in [0.25, 0.3) is 10.9 Å². The van der Waals surface area contributed by atoms with Gasteiger partial charge in [-0.25, -0.2) is 17.8 Å². The number of hydrogen-bond acceptors (Lipinski definition) is 3. The van der Waals surface area contributed by atoms with Gasteiger partial charge >= 0.3 is 0 Å². The zero-order valence-corrected chi connectivity index (χ0v) is 12.4. The molecule has 0 radical (unpaired) electrons. The second kappa shape index (κ2) is 5.16. The van der Waals surface area contributed by atoms with Crippen LogP contribution in [0.5, 0.6) is 0 Å². The first-order valence-electron chi connectivity index (χ1n) is 6.14. The highest BCUT2D eigenvalue weighted by Crippen LogP contribution is 2.28. The third kappa shape index (κ3) is 2.79. The van der Waals surface area contributed by atoms with Crippen LogP contribution in [0.3, 0.4) is 0 Å². The SMILES string of the molecule is O=S(=O)(Cl)c1cn(CCn2ccnc2)c2ccc(F)cc12. The van der Waals surface area contributed by atoms with E-state index in [2.05, 4.69) is 4.98 Å². The first-order valence-corrected chi connectivity index (χ1v) is 8.45. The number of halogens is 2. The van der Waals surface area contributed by atoms with E-state index in [1.165, 1.54) is 18.3 Å². The van der Waals surface area contributed by atoms with E-state index < -0.39 is 14.9 Å². The van der Waals surface area contributed by atoms with Crippen LogP contribution >= 0.6 is 10.7 Å². The highest BCUT2D eigenvalue weighted by molar-refractivity contribution is 8.14. The van der Waals surface area contributed by atoms with Crippen molar-refractivity contribution in [3.63, 3.8) is 0 Å². The molecular weight excluding hydrogens is 317 g/mol. The van der Waals surface area contributed by atoms with Crippen LogP contribution in [0, 0.1) is 5.82 Å². The third-order valence-electron chi connectivity index (χ3n) is 3.23. The van der Waals surface area contributed by atoms with Crippen molar-refractivity contribution in [3.05, 3.63) is 48.9 Å². The van der Waals surface area contributed by atoms with E-state index in [1.54, 1.807) is 23.2 Å². The minimum absolute atomic E-state index is 0.0794. The van der Waals surface area contributed by atoms with Gasteiger partial charge in [-0.05, 0) is 18.2 Å². The number of hydrogen-bond donors (Lipinski definition) is 0. The summed E-state index contributed by atoms with van der Waals surface area (Å²) in [6.45, 7) is 1.13. The van der Waals surface area contributed by atoms with Crippen molar-refractivity contribution in [1.82, 2.24) is 14.1 Å². The van der Waals surface area contributed by atoms with E-state index in [1.807, 2.05) is 10.8 Å². The van der Waals surface area contributed by atoms with Gasteiger partial charge < -0.3 is 9.13 Å². The lowest BCUT2D eigenvalue weighted by Crippen LogP contribution is -2.04. The standard InChI is InChI=1S/C13H11ClFN3O2S/c14-21(19,20)13-8-18(6-5-17-4-3-16-9-17)12-2-1-10(15)7-11(12)13/h1-4,7-9H,5-6H2. The molecular formula is C13H11ClFN3O2S. The molecule has 0 unspecified atom stereocenters. The molecule has 0 fully saturated rings. The number of imidazole rings is 1. The highest BCUT2D eigenvalue weighted by atomic mass is 35.7. The van der Waals surface area contributed by atoms with Crippen LogP contribution in [-0.4, -0.2) is 22.5 Å². The monoisotopic (exact) mass is 327 g/mol. The summed E-state index contributed by atoms with van der Waals surface area (Å²) in [5.41, 5.74) is 0.621. The van der Waals surface area contributed by atoms with E-state index in [9.17, 15) is 12.8 Å². The van der Waals surface area contributed by atoms with Gasteiger partial charge in [0.2, 0.25) is 0 Å². The van der Waals surface area contributed by atoms with Crippen molar-refractivity contribution < 1.29 is 12.8 Å². The van der Waals surface area contributed by atoms with Crippen LogP contribution in [0.1, 0.15) is 0 Å². The van der Waals surface area contributed by atoms with Gasteiger partial charge in [-0.15, -0.1) is 0 Å². The summed E-state index contributed by atoms with van der Waals surface area (Å²) in [6.07, 6.45) is 6.58. The molecule has 0 atom stereocenters. The average Bonchev–Trinajstić information content (AvgIpc) is 3.02. The zero-order valence-electron chi connectivity index (χ0n) is 10.8. The van der Waals surface area contributed by atoms with Crippen molar-refractivity contribution in [2.24, 2.45) is 0 Å². The molecule has 8 heteroatoms. The Balaban J connectivity index is 2.06. The van der Waals surface area contributed by atoms with Crippen LogP contribution in [0.4, 0.5) is 4.39 Å². The Morgan fingerprint density at radius 3 is 2.76 bits per heavy atom. The maximum Gasteiger partial charge on any atom is 0.263 e. The van der Waals surface area contributed by atoms with Crippen LogP contribution < -0.4 is 0 Å². The predicted molar refractivity (Wildman–Crippen MR) is 77.2 cm³/mol. The Labute approximate surface area is 125 Å². The van der Waals surface area contributed by atoms with Crippen molar-refractivity contribution >= 4 is 30.6 Å². The Morgan fingerprint density at radius 2 is 2.10 bits per heavy atom. The molecule has 5 nitrogen and oxygen atoms in total. The van der Waals surface area contributed by atoms with E-state index in [4.69, 9.17) is 10.7 Å². The fourth-order valence-electron chi connectivity index (χ4n) is 2.26. The minimum atomic E-state index is -3.93. The van der Waals surface area contributed by atoms with Gasteiger partial charge in [0.15, 0.2) is 0 Å². The fraction of sp³-hybridized carbons (Fsp3) is 0.154. The molecule has 0 N–H and O–H groups in total. The molecule has 21 heavy (non-hydrogen) atoms. The molecule has 0 aliphatic heterocycles. The number of fused-ring (bicyclic) bond motifs is 1. The highest BCUT2D eigenvalue weighted by Gasteiger charge is 2.19. The number of nitrogens with zero attached hydrogens (tertiary/aromatic N) is 3. The lowest BCUT2D eigenvalue weighted by Gasteiger charge is -2.05. The molecule has 0 spiro atoms. The molecule has 2 heterocycles. The van der Waals surface area contributed by atoms with Crippen molar-refractivity contribution in [3.8, 4) is 0 Å². The Morgan fingerprint density at radius 1 is 1.29 bits per heavy atom. The smallest absolute Gasteiger partial charge is 0.263 e. The Bertz CT molecular complexity index is 888. The average molecular weight is 328 g/mol. The van der Waals surface area contributed by atoms with Crippen LogP contribution in [0.2, 0.25) is 0 Å². The van der Waals surface area contributed by atoms with Crippen molar-refractivity contribution in [2.45, 2.75) is 18.0 Å². The zero-order chi connectivity index (χ0) is 15.0. The molecule has 1 aromatic carbocycles. The van der Waals surface area contributed by atoms with Gasteiger partial charge in [-0.1, -0.05) is 0 Å². The summed E-state index contributed by atoms with van der Waals surface area (Å²) < 4.78 is 40.2. The summed E-state index contributed by atoms with van der Waals surface area (Å²) in [7, 11) is 1.49. The summed E-state index contributed by atoms with van der Waals surface area (Å²) in [4.78, 5) is 3.86. The fourth-order valence-corrected chi connectivity index (χ4v) is 3.31. The predicted octanol–water partition coefficient (Wildman–Crippen LogP) is 2.60. The van der Waals surface area contributed by atoms with Gasteiger partial charge in [0.1, 0.15) is 10.7 Å². The molecule has 0 aliphatic rings. The lowest BCUT2D eigenvalue weighted by molar-refractivity contribution is 0.587. The summed E-state index contributed by atoms with van der Waals surface area (Å²) >= 11 is 0. The summed E-state index contributed by atoms with van der Waals surface area (Å²) in [6, 6.07) is 4.02. The molecule has 3 aromatic rings. The number of benzene rings is 1. The first kappa shape index (κ1) is 14.1. The van der Waals surface area contributed by atoms with Crippen LogP contribution in [-0.2, 0) is 22.1 Å². The molecule has 0 bridgehead atoms. The van der Waals surface area contributed by atoms with Gasteiger partial charge in [-0.3, -0.25) is 0 Å². The maximum absolute atomic E-state index is 13.4. The molecule has 0 saturated carbocycles. The van der Waals surface area contributed by atoms with Gasteiger partial charge in [-0.2, -0.15) is 0 Å². The summed E-state index contributed by atoms with van der Waals surface area (Å²) in [5, 5.41) is 0.288. The summed E-state index contributed by atoms with van der Waals surface area (Å²) in [5.74, 6) is -0.503. The molecule has 2 aromatic heterocycles. The molecule has 110 valence electrons. The quantitative estimate of drug-likeness (QED) is 0.692. The third-order valence-corrected chi connectivity index (χ3v) is 4.58. The normalized spacial score (nSPS) is 12.1. The van der Waals surface area contributed by atoms with Gasteiger partial charge in [0.25, 0.3) is 9.05 Å². The van der Waals surface area contributed by atoms with E-state index >= 15 is 0 Å². The van der Waals surface area contributed by atoms with E-state index in [0.717, 1.165) is 0 Å². The Kier molecular flexibility index (Phi) is 3.46. The first-order chi connectivity index (χ1) is 9.95. The van der Waals surface area contributed by atoms with Gasteiger partial charge in [0.05, 0.1) is 6.33 Å². The van der Waals surface area contributed by atoms with Crippen LogP contribution in [0.15, 0.2) is 48.0 Å². The second-order valence-electron chi connectivity index (χ2n) is 4.59. The molecule has 3 rings (SSSR count). The minimum Gasteiger partial charge on any atom is -0.344 e. The second-order valence-corrected chi connectivity index (χ2v) is 7.12. The van der Waals surface area contributed by atoms with Crippen molar-refractivity contribution in [1.29, 1.82) is 0 Å². The topological polar surface area (TPSA) is 56.9 Å². The molecule has 0 aliphatic carbocycles. The lowest BCUT2D eigenvalue weighted by atomic mass is 10.2. The van der Waals surface area contributed by atoms with Crippen molar-refractivity contribution in [2.75, 3.05) is 0 Å². The van der Waals surface area contributed by atoms with E-state index in [-0.39, 0.29) is 10.3 Å². The van der Waals surface area contributed by atoms with E-state index in [0.29, 0.717) is 18.6 Å². The molecule has 0 amide bonds. The Hall–Kier alpha value is -1.86.